The Morgan fingerprint density at radius 3 is 2.41 bits per heavy atom. The summed E-state index contributed by atoms with van der Waals surface area (Å²) in [7, 11) is 0. The summed E-state index contributed by atoms with van der Waals surface area (Å²) in [6.07, 6.45) is 6.19. The number of nitrogens with zero attached hydrogens (tertiary/aromatic N) is 2. The molecule has 2 heterocycles. The highest BCUT2D eigenvalue weighted by Crippen LogP contribution is 2.29. The third-order valence-electron chi connectivity index (χ3n) is 4.92. The fourth-order valence-electron chi connectivity index (χ4n) is 3.45. The number of hydrogen-bond donors (Lipinski definition) is 0. The van der Waals surface area contributed by atoms with Crippen LogP contribution < -0.4 is 0 Å². The summed E-state index contributed by atoms with van der Waals surface area (Å²) in [5.74, 6) is 1.16. The third-order valence-corrected chi connectivity index (χ3v) is 5.17. The van der Waals surface area contributed by atoms with E-state index in [4.69, 9.17) is 16.0 Å². The normalized spacial score (nSPS) is 14.8. The molecule has 0 spiro atoms. The molecule has 1 aliphatic heterocycles. The van der Waals surface area contributed by atoms with Gasteiger partial charge in [-0.1, -0.05) is 36.6 Å². The molecular formula is C22H21ClN2O2. The van der Waals surface area contributed by atoms with Gasteiger partial charge in [0.1, 0.15) is 0 Å². The average molecular weight is 381 g/mol. The minimum atomic E-state index is 0.0544. The van der Waals surface area contributed by atoms with Crippen molar-refractivity contribution in [2.24, 2.45) is 0 Å². The molecule has 1 aliphatic rings. The molecule has 2 aromatic carbocycles. The third kappa shape index (κ3) is 3.91. The molecule has 0 saturated carbocycles. The standard InChI is InChI=1S/C22H21ClN2O2/c23-17-11-9-16(10-12-17)20-15-24-21(27-20)18-7-3-4-8-19(18)22(26)25-13-5-1-2-6-14-25/h3-4,7-12,15H,1-2,5-6,13-14H2. The Balaban J connectivity index is 1.65. The van der Waals surface area contributed by atoms with E-state index in [-0.39, 0.29) is 5.91 Å². The molecule has 1 aromatic heterocycles. The van der Waals surface area contributed by atoms with Crippen molar-refractivity contribution in [3.8, 4) is 22.8 Å². The van der Waals surface area contributed by atoms with Gasteiger partial charge in [-0.05, 0) is 49.2 Å². The number of benzene rings is 2. The molecule has 1 fully saturated rings. The summed E-state index contributed by atoms with van der Waals surface area (Å²) < 4.78 is 5.97. The maximum absolute atomic E-state index is 13.1. The van der Waals surface area contributed by atoms with Gasteiger partial charge in [0, 0.05) is 29.2 Å². The Kier molecular flexibility index (Phi) is 5.26. The predicted molar refractivity (Wildman–Crippen MR) is 107 cm³/mol. The first-order valence-electron chi connectivity index (χ1n) is 9.33. The molecule has 1 saturated heterocycles. The maximum Gasteiger partial charge on any atom is 0.254 e. The van der Waals surface area contributed by atoms with Crippen molar-refractivity contribution in [3.63, 3.8) is 0 Å². The quantitative estimate of drug-likeness (QED) is 0.587. The second kappa shape index (κ2) is 7.97. The molecule has 5 heteroatoms. The number of likely N-dealkylation sites (tertiary alicyclic amines) is 1. The first kappa shape index (κ1) is 17.8. The van der Waals surface area contributed by atoms with Crippen LogP contribution in [0.1, 0.15) is 36.0 Å². The van der Waals surface area contributed by atoms with Crippen LogP contribution >= 0.6 is 11.6 Å². The molecule has 0 atom stereocenters. The fourth-order valence-corrected chi connectivity index (χ4v) is 3.57. The molecule has 0 N–H and O–H groups in total. The van der Waals surface area contributed by atoms with Gasteiger partial charge in [0.25, 0.3) is 5.91 Å². The van der Waals surface area contributed by atoms with E-state index in [1.807, 2.05) is 53.4 Å². The second-order valence-electron chi connectivity index (χ2n) is 6.79. The van der Waals surface area contributed by atoms with Gasteiger partial charge < -0.3 is 9.32 Å². The van der Waals surface area contributed by atoms with Gasteiger partial charge in [0.2, 0.25) is 5.89 Å². The van der Waals surface area contributed by atoms with Crippen molar-refractivity contribution in [2.45, 2.75) is 25.7 Å². The number of aromatic nitrogens is 1. The molecule has 4 rings (SSSR count). The maximum atomic E-state index is 13.1. The van der Waals surface area contributed by atoms with Gasteiger partial charge in [-0.2, -0.15) is 0 Å². The lowest BCUT2D eigenvalue weighted by Gasteiger charge is -2.21. The Morgan fingerprint density at radius 1 is 0.963 bits per heavy atom. The van der Waals surface area contributed by atoms with Crippen LogP contribution in [0.5, 0.6) is 0 Å². The molecule has 0 unspecified atom stereocenters. The number of hydrogen-bond acceptors (Lipinski definition) is 3. The van der Waals surface area contributed by atoms with Crippen LogP contribution in [0.15, 0.2) is 59.1 Å². The number of rotatable bonds is 3. The van der Waals surface area contributed by atoms with Gasteiger partial charge in [-0.15, -0.1) is 0 Å². The first-order valence-corrected chi connectivity index (χ1v) is 9.70. The van der Waals surface area contributed by atoms with Crippen LogP contribution in [0.3, 0.4) is 0 Å². The number of oxazole rings is 1. The zero-order valence-corrected chi connectivity index (χ0v) is 15.8. The minimum Gasteiger partial charge on any atom is -0.436 e. The zero-order chi connectivity index (χ0) is 18.6. The number of amides is 1. The first-order chi connectivity index (χ1) is 13.2. The fraction of sp³-hybridized carbons (Fsp3) is 0.273. The van der Waals surface area contributed by atoms with Crippen molar-refractivity contribution in [3.05, 3.63) is 65.3 Å². The molecular weight excluding hydrogens is 360 g/mol. The van der Waals surface area contributed by atoms with Crippen molar-refractivity contribution >= 4 is 17.5 Å². The predicted octanol–water partition coefficient (Wildman–Crippen LogP) is 5.68. The van der Waals surface area contributed by atoms with E-state index in [0.29, 0.717) is 22.2 Å². The van der Waals surface area contributed by atoms with Gasteiger partial charge in [0.15, 0.2) is 5.76 Å². The van der Waals surface area contributed by atoms with E-state index in [1.165, 1.54) is 12.8 Å². The Morgan fingerprint density at radius 2 is 1.67 bits per heavy atom. The highest BCUT2D eigenvalue weighted by molar-refractivity contribution is 6.30. The van der Waals surface area contributed by atoms with E-state index in [0.717, 1.165) is 37.1 Å². The molecule has 3 aromatic rings. The van der Waals surface area contributed by atoms with Crippen LogP contribution in [0.2, 0.25) is 5.02 Å². The van der Waals surface area contributed by atoms with E-state index >= 15 is 0 Å². The van der Waals surface area contributed by atoms with Crippen LogP contribution in [-0.2, 0) is 0 Å². The molecule has 0 radical (unpaired) electrons. The van der Waals surface area contributed by atoms with E-state index in [9.17, 15) is 4.79 Å². The number of carbonyl (C=O) groups is 1. The largest absolute Gasteiger partial charge is 0.436 e. The topological polar surface area (TPSA) is 46.3 Å². The smallest absolute Gasteiger partial charge is 0.254 e. The molecule has 1 amide bonds. The zero-order valence-electron chi connectivity index (χ0n) is 15.0. The monoisotopic (exact) mass is 380 g/mol. The molecule has 0 aliphatic carbocycles. The molecule has 0 bridgehead atoms. The Bertz CT molecular complexity index is 925. The lowest BCUT2D eigenvalue weighted by atomic mass is 10.1. The summed E-state index contributed by atoms with van der Waals surface area (Å²) >= 11 is 5.95. The second-order valence-corrected chi connectivity index (χ2v) is 7.22. The lowest BCUT2D eigenvalue weighted by Crippen LogP contribution is -2.32. The van der Waals surface area contributed by atoms with Crippen LogP contribution in [-0.4, -0.2) is 28.9 Å². The Hall–Kier alpha value is -2.59. The van der Waals surface area contributed by atoms with Gasteiger partial charge in [-0.3, -0.25) is 4.79 Å². The molecule has 138 valence electrons. The van der Waals surface area contributed by atoms with Crippen molar-refractivity contribution in [1.29, 1.82) is 0 Å². The lowest BCUT2D eigenvalue weighted by molar-refractivity contribution is 0.0762. The van der Waals surface area contributed by atoms with Crippen molar-refractivity contribution in [2.75, 3.05) is 13.1 Å². The van der Waals surface area contributed by atoms with Crippen molar-refractivity contribution < 1.29 is 9.21 Å². The summed E-state index contributed by atoms with van der Waals surface area (Å²) in [6.45, 7) is 1.63. The average Bonchev–Trinajstić information content (AvgIpc) is 3.03. The molecule has 4 nitrogen and oxygen atoms in total. The number of halogens is 1. The van der Waals surface area contributed by atoms with Gasteiger partial charge in [0.05, 0.1) is 11.8 Å². The van der Waals surface area contributed by atoms with Gasteiger partial charge >= 0.3 is 0 Å². The van der Waals surface area contributed by atoms with Crippen molar-refractivity contribution in [1.82, 2.24) is 9.88 Å². The van der Waals surface area contributed by atoms with E-state index in [1.54, 1.807) is 6.20 Å². The van der Waals surface area contributed by atoms with Crippen LogP contribution in [0.4, 0.5) is 0 Å². The SMILES string of the molecule is O=C(c1ccccc1-c1ncc(-c2ccc(Cl)cc2)o1)N1CCCCCC1. The van der Waals surface area contributed by atoms with E-state index in [2.05, 4.69) is 4.98 Å². The summed E-state index contributed by atoms with van der Waals surface area (Å²) in [6, 6.07) is 14.9. The highest BCUT2D eigenvalue weighted by atomic mass is 35.5. The van der Waals surface area contributed by atoms with Crippen LogP contribution in [0.25, 0.3) is 22.8 Å². The summed E-state index contributed by atoms with van der Waals surface area (Å²) in [5, 5.41) is 0.673. The number of carbonyl (C=O) groups excluding carboxylic acids is 1. The van der Waals surface area contributed by atoms with E-state index < -0.39 is 0 Å². The van der Waals surface area contributed by atoms with Crippen LogP contribution in [0, 0.1) is 0 Å². The Labute approximate surface area is 163 Å². The minimum absolute atomic E-state index is 0.0544. The summed E-state index contributed by atoms with van der Waals surface area (Å²) in [4.78, 5) is 19.5. The molecule has 27 heavy (non-hydrogen) atoms. The van der Waals surface area contributed by atoms with Gasteiger partial charge in [-0.25, -0.2) is 4.98 Å². The summed E-state index contributed by atoms with van der Waals surface area (Å²) in [5.41, 5.74) is 2.27. The highest BCUT2D eigenvalue weighted by Gasteiger charge is 2.22.